The molecule has 0 bridgehead atoms. The van der Waals surface area contributed by atoms with E-state index in [4.69, 9.17) is 23.2 Å². The summed E-state index contributed by atoms with van der Waals surface area (Å²) in [6.07, 6.45) is -3.99. The molecular weight excluding hydrogens is 415 g/mol. The Morgan fingerprint density at radius 3 is 2.23 bits per heavy atom. The minimum absolute atomic E-state index is 0.153. The molecule has 1 heterocycles. The second kappa shape index (κ2) is 7.53. The van der Waals surface area contributed by atoms with Crippen molar-refractivity contribution in [3.63, 3.8) is 0 Å². The van der Waals surface area contributed by atoms with Crippen molar-refractivity contribution in [2.75, 3.05) is 5.32 Å². The van der Waals surface area contributed by atoms with Crippen molar-refractivity contribution in [3.05, 3.63) is 44.1 Å². The van der Waals surface area contributed by atoms with E-state index in [1.807, 2.05) is 5.32 Å². The van der Waals surface area contributed by atoms with Gasteiger partial charge in [-0.2, -0.15) is 0 Å². The number of hydrogen-bond donors (Lipinski definition) is 1. The molecular formula is C12H4Cl2F3N4NaO4. The number of nitro groups is 1. The molecule has 0 atom stereocenters. The molecule has 1 N–H and O–H groups in total. The average molecular weight is 419 g/mol. The standard InChI is InChI=1S/C12H4Cl2F3N4O4.Na/c13-6-1-5(12(15,16)17)2-7(14)10(6)20-11(19-9(23)4-22)8(3-18-20)21(24)25;/h1-3H,(H,19,23);. The molecule has 0 spiro atoms. The molecule has 1 aromatic heterocycles. The Morgan fingerprint density at radius 2 is 1.81 bits per heavy atom. The van der Waals surface area contributed by atoms with Crippen LogP contribution in [0.2, 0.25) is 10.0 Å². The van der Waals surface area contributed by atoms with Crippen molar-refractivity contribution in [2.45, 2.75) is 6.18 Å². The molecule has 14 heteroatoms. The third kappa shape index (κ3) is 4.18. The predicted octanol–water partition coefficient (Wildman–Crippen LogP) is 2.74. The quantitative estimate of drug-likeness (QED) is 0.355. The summed E-state index contributed by atoms with van der Waals surface area (Å²) in [5.74, 6) is -1.70. The van der Waals surface area contributed by atoms with Gasteiger partial charge in [0.05, 0.1) is 0 Å². The molecule has 1 amide bonds. The summed E-state index contributed by atoms with van der Waals surface area (Å²) < 4.78 is 38.3. The zero-order chi connectivity index (χ0) is 19.8. The molecule has 26 heavy (non-hydrogen) atoms. The number of halogens is 5. The fraction of sp³-hybridized carbons (Fsp3) is 0.0833. The van der Waals surface area contributed by atoms with Crippen LogP contribution in [0.15, 0.2) is 18.3 Å². The second-order valence-corrected chi connectivity index (χ2v) is 6.57. The van der Waals surface area contributed by atoms with Gasteiger partial charge in [0.15, 0.2) is 0 Å². The number of amides is 1. The fourth-order valence-corrected chi connectivity index (χ4v) is 2.66. The van der Waals surface area contributed by atoms with Crippen molar-refractivity contribution in [3.8, 4) is 5.69 Å². The van der Waals surface area contributed by atoms with Gasteiger partial charge >= 0.3 is 170 Å². The number of carbonyl (C=O) groups is 2. The SMILES string of the molecule is O=[C]([Na])C(=O)Nc1c([N+](=O)[O-])cnn1-c1c(Cl)cc(C(F)(F)F)cc1Cl. The normalized spacial score (nSPS) is 11.3. The van der Waals surface area contributed by atoms with Crippen molar-refractivity contribution in [1.29, 1.82) is 0 Å². The van der Waals surface area contributed by atoms with E-state index in [1.165, 1.54) is 0 Å². The van der Waals surface area contributed by atoms with E-state index < -0.39 is 47.2 Å². The molecule has 0 saturated heterocycles. The number of hydrogen-bond acceptors (Lipinski definition) is 5. The van der Waals surface area contributed by atoms with Gasteiger partial charge in [0, 0.05) is 0 Å². The van der Waals surface area contributed by atoms with Gasteiger partial charge in [-0.25, -0.2) is 0 Å². The monoisotopic (exact) mass is 418 g/mol. The molecule has 0 aliphatic heterocycles. The Morgan fingerprint density at radius 1 is 1.27 bits per heavy atom. The molecule has 0 saturated carbocycles. The van der Waals surface area contributed by atoms with Gasteiger partial charge in [0.25, 0.3) is 0 Å². The second-order valence-electron chi connectivity index (χ2n) is 4.84. The van der Waals surface area contributed by atoms with Crippen LogP contribution in [-0.4, -0.2) is 51.6 Å². The topological polar surface area (TPSA) is 107 Å². The summed E-state index contributed by atoms with van der Waals surface area (Å²) in [5, 5.41) is 15.7. The summed E-state index contributed by atoms with van der Waals surface area (Å²) in [4.78, 5) is 33.0. The van der Waals surface area contributed by atoms with E-state index in [0.717, 1.165) is 6.20 Å². The minimum atomic E-state index is -4.72. The van der Waals surface area contributed by atoms with Crippen molar-refractivity contribution < 1.29 is 27.7 Å². The van der Waals surface area contributed by atoms with Crippen molar-refractivity contribution >= 4 is 71.6 Å². The molecule has 0 fully saturated rings. The van der Waals surface area contributed by atoms with Crippen molar-refractivity contribution in [2.24, 2.45) is 0 Å². The molecule has 0 aliphatic rings. The van der Waals surface area contributed by atoms with Crippen LogP contribution in [0.25, 0.3) is 5.69 Å². The van der Waals surface area contributed by atoms with E-state index in [-0.39, 0.29) is 33.6 Å². The van der Waals surface area contributed by atoms with Crippen LogP contribution >= 0.6 is 23.2 Å². The molecule has 1 aromatic carbocycles. The molecule has 0 unspecified atom stereocenters. The number of alkyl halides is 3. The van der Waals surface area contributed by atoms with Crippen LogP contribution in [0.4, 0.5) is 24.7 Å². The Hall–Kier alpha value is -1.66. The van der Waals surface area contributed by atoms with Crippen LogP contribution < -0.4 is 5.32 Å². The summed E-state index contributed by atoms with van der Waals surface area (Å²) in [5.41, 5.74) is -2.17. The first-order chi connectivity index (χ1) is 11.9. The van der Waals surface area contributed by atoms with E-state index >= 15 is 0 Å². The number of nitrogens with one attached hydrogen (secondary N) is 1. The third-order valence-electron chi connectivity index (χ3n) is 3.05. The number of rotatable bonds is 4. The Kier molecular flexibility index (Phi) is 5.98. The summed E-state index contributed by atoms with van der Waals surface area (Å²) in [6.45, 7) is 0. The van der Waals surface area contributed by atoms with Gasteiger partial charge < -0.3 is 0 Å². The van der Waals surface area contributed by atoms with Crippen LogP contribution in [0.3, 0.4) is 0 Å². The zero-order valence-electron chi connectivity index (χ0n) is 12.6. The Labute approximate surface area is 169 Å². The first-order valence-corrected chi connectivity index (χ1v) is 8.30. The van der Waals surface area contributed by atoms with E-state index in [1.54, 1.807) is 0 Å². The van der Waals surface area contributed by atoms with Crippen LogP contribution in [0, 0.1) is 10.1 Å². The van der Waals surface area contributed by atoms with Crippen LogP contribution in [0.1, 0.15) is 5.56 Å². The third-order valence-corrected chi connectivity index (χ3v) is 4.08. The predicted molar refractivity (Wildman–Crippen MR) is 84.6 cm³/mol. The fourth-order valence-electron chi connectivity index (χ4n) is 1.89. The van der Waals surface area contributed by atoms with Gasteiger partial charge in [-0.1, -0.05) is 0 Å². The molecule has 2 rings (SSSR count). The van der Waals surface area contributed by atoms with Crippen LogP contribution in [0.5, 0.6) is 0 Å². The summed E-state index contributed by atoms with van der Waals surface area (Å²) in [7, 11) is 0. The maximum absolute atomic E-state index is 12.8. The van der Waals surface area contributed by atoms with E-state index in [0.29, 0.717) is 16.8 Å². The Bertz CT molecular complexity index is 909. The molecule has 0 aliphatic carbocycles. The van der Waals surface area contributed by atoms with Gasteiger partial charge in [0.1, 0.15) is 0 Å². The summed E-state index contributed by atoms with van der Waals surface area (Å²) in [6, 6.07) is 1.11. The molecule has 0 radical (unpaired) electrons. The average Bonchev–Trinajstić information content (AvgIpc) is 2.89. The first kappa shape index (κ1) is 20.6. The number of carbonyl (C=O) groups excluding carboxylic acids is 2. The van der Waals surface area contributed by atoms with Gasteiger partial charge in [-0.05, 0) is 0 Å². The van der Waals surface area contributed by atoms with Crippen LogP contribution in [-0.2, 0) is 15.8 Å². The van der Waals surface area contributed by atoms with E-state index in [2.05, 4.69) is 5.10 Å². The van der Waals surface area contributed by atoms with E-state index in [9.17, 15) is 32.9 Å². The van der Waals surface area contributed by atoms with Gasteiger partial charge in [0.2, 0.25) is 0 Å². The van der Waals surface area contributed by atoms with Gasteiger partial charge in [-0.15, -0.1) is 0 Å². The number of aromatic nitrogens is 2. The molecule has 132 valence electrons. The van der Waals surface area contributed by atoms with Gasteiger partial charge in [-0.3, -0.25) is 0 Å². The molecule has 8 nitrogen and oxygen atoms in total. The number of anilines is 1. The molecule has 2 aromatic rings. The summed E-state index contributed by atoms with van der Waals surface area (Å²) >= 11 is 11.5. The number of benzene rings is 1. The first-order valence-electron chi connectivity index (χ1n) is 6.54. The van der Waals surface area contributed by atoms with Crippen molar-refractivity contribution in [1.82, 2.24) is 9.78 Å². The zero-order valence-corrected chi connectivity index (χ0v) is 16.1. The maximum atomic E-state index is 12.8. The number of nitrogens with zero attached hydrogens (tertiary/aromatic N) is 3. The Balaban J connectivity index is 2.68.